The van der Waals surface area contributed by atoms with Gasteiger partial charge in [0.05, 0.1) is 5.25 Å². The number of hydrogen-bond donors (Lipinski definition) is 1. The van der Waals surface area contributed by atoms with Crippen molar-refractivity contribution in [2.24, 2.45) is 5.14 Å². The van der Waals surface area contributed by atoms with E-state index >= 15 is 0 Å². The fraction of sp³-hybridized carbons (Fsp3) is 1.00. The van der Waals surface area contributed by atoms with Crippen molar-refractivity contribution in [2.75, 3.05) is 0 Å². The standard InChI is InChI=1S/C10H23NO2S/c1-3-5-6-7-9-10(8-4-2)14(11,12)13/h10H,3-9H2,1-2H3,(H2,11,12,13). The van der Waals surface area contributed by atoms with Gasteiger partial charge in [-0.25, -0.2) is 13.6 Å². The zero-order valence-corrected chi connectivity index (χ0v) is 10.1. The van der Waals surface area contributed by atoms with Crippen LogP contribution < -0.4 is 5.14 Å². The van der Waals surface area contributed by atoms with Crippen LogP contribution in [0.3, 0.4) is 0 Å². The second kappa shape index (κ2) is 7.23. The highest BCUT2D eigenvalue weighted by Gasteiger charge is 2.19. The Morgan fingerprint density at radius 2 is 1.64 bits per heavy atom. The minimum absolute atomic E-state index is 0.315. The van der Waals surface area contributed by atoms with Gasteiger partial charge >= 0.3 is 0 Å². The van der Waals surface area contributed by atoms with Gasteiger partial charge in [-0.05, 0) is 12.8 Å². The van der Waals surface area contributed by atoms with Gasteiger partial charge in [0.15, 0.2) is 0 Å². The van der Waals surface area contributed by atoms with E-state index in [-0.39, 0.29) is 5.25 Å². The van der Waals surface area contributed by atoms with Crippen LogP contribution in [0, 0.1) is 0 Å². The summed E-state index contributed by atoms with van der Waals surface area (Å²) in [5.41, 5.74) is 0. The number of nitrogens with two attached hydrogens (primary N) is 1. The molecule has 0 aromatic carbocycles. The highest BCUT2D eigenvalue weighted by Crippen LogP contribution is 2.14. The average Bonchev–Trinajstić information content (AvgIpc) is 2.08. The first kappa shape index (κ1) is 13.9. The molecule has 0 saturated heterocycles. The quantitative estimate of drug-likeness (QED) is 0.640. The van der Waals surface area contributed by atoms with E-state index in [0.717, 1.165) is 25.7 Å². The Bertz CT molecular complexity index is 224. The molecule has 0 rings (SSSR count). The molecule has 0 spiro atoms. The molecule has 0 aromatic heterocycles. The van der Waals surface area contributed by atoms with Crippen LogP contribution >= 0.6 is 0 Å². The van der Waals surface area contributed by atoms with Gasteiger partial charge in [-0.2, -0.15) is 0 Å². The van der Waals surface area contributed by atoms with Crippen LogP contribution in [0.25, 0.3) is 0 Å². The van der Waals surface area contributed by atoms with E-state index in [9.17, 15) is 8.42 Å². The lowest BCUT2D eigenvalue weighted by Gasteiger charge is -2.13. The SMILES string of the molecule is CCCCCCC(CCC)S(N)(=O)=O. The molecule has 0 radical (unpaired) electrons. The minimum Gasteiger partial charge on any atom is -0.228 e. The van der Waals surface area contributed by atoms with E-state index in [1.165, 1.54) is 12.8 Å². The van der Waals surface area contributed by atoms with Gasteiger partial charge in [0.25, 0.3) is 0 Å². The van der Waals surface area contributed by atoms with Gasteiger partial charge in [-0.3, -0.25) is 0 Å². The zero-order valence-electron chi connectivity index (χ0n) is 9.33. The molecule has 0 aromatic rings. The Morgan fingerprint density at radius 3 is 2.07 bits per heavy atom. The van der Waals surface area contributed by atoms with Crippen LogP contribution in [0.1, 0.15) is 58.8 Å². The summed E-state index contributed by atoms with van der Waals surface area (Å²) in [4.78, 5) is 0. The van der Waals surface area contributed by atoms with Crippen molar-refractivity contribution < 1.29 is 8.42 Å². The molecule has 0 fully saturated rings. The van der Waals surface area contributed by atoms with Crippen molar-refractivity contribution in [3.8, 4) is 0 Å². The van der Waals surface area contributed by atoms with E-state index in [1.807, 2.05) is 6.92 Å². The summed E-state index contributed by atoms with van der Waals surface area (Å²) in [6, 6.07) is 0. The van der Waals surface area contributed by atoms with Crippen molar-refractivity contribution in [3.63, 3.8) is 0 Å². The molecule has 1 atom stereocenters. The van der Waals surface area contributed by atoms with Gasteiger partial charge in [0.2, 0.25) is 10.0 Å². The Labute approximate surface area is 88.1 Å². The molecule has 14 heavy (non-hydrogen) atoms. The van der Waals surface area contributed by atoms with Crippen LogP contribution in [-0.4, -0.2) is 13.7 Å². The third-order valence-corrected chi connectivity index (χ3v) is 3.86. The molecule has 1 unspecified atom stereocenters. The number of primary sulfonamides is 1. The third kappa shape index (κ3) is 6.38. The predicted molar refractivity (Wildman–Crippen MR) is 60.6 cm³/mol. The van der Waals surface area contributed by atoms with Gasteiger partial charge < -0.3 is 0 Å². The lowest BCUT2D eigenvalue weighted by Crippen LogP contribution is -2.28. The molecular formula is C10H23NO2S. The van der Waals surface area contributed by atoms with Crippen molar-refractivity contribution in [1.82, 2.24) is 0 Å². The lowest BCUT2D eigenvalue weighted by molar-refractivity contribution is 0.539. The number of rotatable bonds is 8. The van der Waals surface area contributed by atoms with Gasteiger partial charge in [-0.15, -0.1) is 0 Å². The average molecular weight is 221 g/mol. The van der Waals surface area contributed by atoms with Gasteiger partial charge in [0, 0.05) is 0 Å². The maximum atomic E-state index is 11.2. The van der Waals surface area contributed by atoms with E-state index < -0.39 is 10.0 Å². The minimum atomic E-state index is -3.31. The summed E-state index contributed by atoms with van der Waals surface area (Å²) >= 11 is 0. The predicted octanol–water partition coefficient (Wildman–Crippen LogP) is 2.41. The van der Waals surface area contributed by atoms with Crippen LogP contribution in [0.4, 0.5) is 0 Å². The zero-order chi connectivity index (χ0) is 11.0. The first-order valence-electron chi connectivity index (χ1n) is 5.54. The van der Waals surface area contributed by atoms with Crippen molar-refractivity contribution in [2.45, 2.75) is 64.0 Å². The maximum Gasteiger partial charge on any atom is 0.211 e. The summed E-state index contributed by atoms with van der Waals surface area (Å²) in [6.45, 7) is 4.13. The van der Waals surface area contributed by atoms with Crippen molar-refractivity contribution in [3.05, 3.63) is 0 Å². The summed E-state index contributed by atoms with van der Waals surface area (Å²) in [5.74, 6) is 0. The molecule has 0 amide bonds. The second-order valence-electron chi connectivity index (χ2n) is 3.85. The summed E-state index contributed by atoms with van der Waals surface area (Å²) in [5, 5.41) is 4.84. The summed E-state index contributed by atoms with van der Waals surface area (Å²) < 4.78 is 22.3. The van der Waals surface area contributed by atoms with E-state index in [0.29, 0.717) is 6.42 Å². The highest BCUT2D eigenvalue weighted by atomic mass is 32.2. The van der Waals surface area contributed by atoms with Crippen LogP contribution in [0.5, 0.6) is 0 Å². The molecule has 4 heteroatoms. The third-order valence-electron chi connectivity index (χ3n) is 2.45. The molecule has 3 nitrogen and oxygen atoms in total. The largest absolute Gasteiger partial charge is 0.228 e. The Kier molecular flexibility index (Phi) is 7.19. The van der Waals surface area contributed by atoms with Crippen molar-refractivity contribution in [1.29, 1.82) is 0 Å². The van der Waals surface area contributed by atoms with E-state index in [2.05, 4.69) is 6.92 Å². The molecule has 0 heterocycles. The van der Waals surface area contributed by atoms with Gasteiger partial charge in [0.1, 0.15) is 0 Å². The highest BCUT2D eigenvalue weighted by molar-refractivity contribution is 7.89. The molecule has 2 N–H and O–H groups in total. The van der Waals surface area contributed by atoms with E-state index in [4.69, 9.17) is 5.14 Å². The first-order chi connectivity index (χ1) is 6.52. The Hall–Kier alpha value is -0.0900. The lowest BCUT2D eigenvalue weighted by atomic mass is 10.1. The molecular weight excluding hydrogens is 198 g/mol. The molecule has 0 bridgehead atoms. The topological polar surface area (TPSA) is 60.2 Å². The maximum absolute atomic E-state index is 11.2. The number of unbranched alkanes of at least 4 members (excludes halogenated alkanes) is 3. The van der Waals surface area contributed by atoms with E-state index in [1.54, 1.807) is 0 Å². The smallest absolute Gasteiger partial charge is 0.211 e. The van der Waals surface area contributed by atoms with Crippen molar-refractivity contribution >= 4 is 10.0 Å². The fourth-order valence-corrected chi connectivity index (χ4v) is 2.65. The number of hydrogen-bond acceptors (Lipinski definition) is 2. The molecule has 0 aliphatic rings. The summed E-state index contributed by atoms with van der Waals surface area (Å²) in [6.07, 6.45) is 6.77. The number of sulfonamides is 1. The molecule has 0 saturated carbocycles. The normalized spacial score (nSPS) is 14.2. The van der Waals surface area contributed by atoms with Crippen LogP contribution in [0.2, 0.25) is 0 Å². The molecule has 86 valence electrons. The van der Waals surface area contributed by atoms with Gasteiger partial charge in [-0.1, -0.05) is 46.0 Å². The monoisotopic (exact) mass is 221 g/mol. The Balaban J connectivity index is 3.87. The van der Waals surface area contributed by atoms with Crippen LogP contribution in [-0.2, 0) is 10.0 Å². The second-order valence-corrected chi connectivity index (χ2v) is 5.69. The molecule has 0 aliphatic carbocycles. The molecule has 0 aliphatic heterocycles. The summed E-state index contributed by atoms with van der Waals surface area (Å²) in [7, 11) is -3.31. The Morgan fingerprint density at radius 1 is 1.00 bits per heavy atom. The fourth-order valence-electron chi connectivity index (χ4n) is 1.59. The van der Waals surface area contributed by atoms with Crippen LogP contribution in [0.15, 0.2) is 0 Å². The first-order valence-corrected chi connectivity index (χ1v) is 7.14.